The lowest BCUT2D eigenvalue weighted by molar-refractivity contribution is 0.102. The fraction of sp³-hybridized carbons (Fsp3) is 0.471. The number of sulfonamides is 1. The number of halogens is 1. The fourth-order valence-electron chi connectivity index (χ4n) is 2.88. The van der Waals surface area contributed by atoms with Crippen LogP contribution in [-0.4, -0.2) is 41.9 Å². The zero-order chi connectivity index (χ0) is 19.4. The molecule has 2 aromatic rings. The average Bonchev–Trinajstić information content (AvgIpc) is 2.91. The summed E-state index contributed by atoms with van der Waals surface area (Å²) < 4.78 is 27.5. The standard InChI is InChI=1S/C17H21ClN4O3S2/c1-2-15-20-21-17(26-15)19-16(23)12-7-8-13(18)14(11-12)27(24,25)22-9-5-3-4-6-10-22/h7-8,11H,2-6,9-10H2,1H3,(H,19,21,23). The molecule has 1 aromatic heterocycles. The largest absolute Gasteiger partial charge is 0.296 e. The van der Waals surface area contributed by atoms with Gasteiger partial charge < -0.3 is 0 Å². The van der Waals surface area contributed by atoms with Crippen LogP contribution in [0.4, 0.5) is 5.13 Å². The van der Waals surface area contributed by atoms with Gasteiger partial charge in [-0.3, -0.25) is 10.1 Å². The predicted octanol–water partition coefficient (Wildman–Crippen LogP) is 3.57. The van der Waals surface area contributed by atoms with E-state index in [9.17, 15) is 13.2 Å². The summed E-state index contributed by atoms with van der Waals surface area (Å²) in [6.45, 7) is 2.89. The first-order valence-corrected chi connectivity index (χ1v) is 11.5. The monoisotopic (exact) mass is 428 g/mol. The molecule has 7 nitrogen and oxygen atoms in total. The Labute approximate surface area is 167 Å². The molecular formula is C17H21ClN4O3S2. The van der Waals surface area contributed by atoms with E-state index in [1.807, 2.05) is 6.92 Å². The lowest BCUT2D eigenvalue weighted by atomic mass is 10.2. The maximum atomic E-state index is 13.0. The van der Waals surface area contributed by atoms with Crippen LogP contribution in [-0.2, 0) is 16.4 Å². The molecule has 1 aliphatic heterocycles. The normalized spacial score (nSPS) is 16.1. The summed E-state index contributed by atoms with van der Waals surface area (Å²) in [6.07, 6.45) is 4.42. The fourth-order valence-corrected chi connectivity index (χ4v) is 5.57. The van der Waals surface area contributed by atoms with E-state index in [2.05, 4.69) is 15.5 Å². The Bertz CT molecular complexity index is 922. The third-order valence-corrected chi connectivity index (χ3v) is 7.73. The third kappa shape index (κ3) is 4.66. The van der Waals surface area contributed by atoms with Crippen LogP contribution in [0.25, 0.3) is 0 Å². The van der Waals surface area contributed by atoms with Crippen LogP contribution in [0.15, 0.2) is 23.1 Å². The lowest BCUT2D eigenvalue weighted by Crippen LogP contribution is -2.32. The number of hydrogen-bond acceptors (Lipinski definition) is 6. The van der Waals surface area contributed by atoms with Gasteiger partial charge in [-0.2, -0.15) is 4.31 Å². The van der Waals surface area contributed by atoms with E-state index in [0.717, 1.165) is 37.1 Å². The second-order valence-electron chi connectivity index (χ2n) is 6.27. The summed E-state index contributed by atoms with van der Waals surface area (Å²) in [5.41, 5.74) is 0.209. The molecule has 0 spiro atoms. The van der Waals surface area contributed by atoms with Crippen LogP contribution in [0.5, 0.6) is 0 Å². The van der Waals surface area contributed by atoms with Gasteiger partial charge >= 0.3 is 0 Å². The van der Waals surface area contributed by atoms with E-state index < -0.39 is 15.9 Å². The minimum atomic E-state index is -3.75. The van der Waals surface area contributed by atoms with Gasteiger partial charge in [0.25, 0.3) is 5.91 Å². The number of nitrogens with one attached hydrogen (secondary N) is 1. The molecule has 0 saturated carbocycles. The Morgan fingerprint density at radius 2 is 1.93 bits per heavy atom. The molecule has 3 rings (SSSR count). The first-order chi connectivity index (χ1) is 12.9. The second-order valence-corrected chi connectivity index (χ2v) is 9.65. The Morgan fingerprint density at radius 1 is 1.22 bits per heavy atom. The van der Waals surface area contributed by atoms with Crippen LogP contribution in [0.3, 0.4) is 0 Å². The Hall–Kier alpha value is -1.55. The molecule has 1 N–H and O–H groups in total. The number of aryl methyl sites for hydroxylation is 1. The molecule has 0 bridgehead atoms. The van der Waals surface area contributed by atoms with Gasteiger partial charge in [-0.1, -0.05) is 42.7 Å². The Morgan fingerprint density at radius 3 is 2.56 bits per heavy atom. The summed E-state index contributed by atoms with van der Waals surface area (Å²) in [5, 5.41) is 11.8. The minimum absolute atomic E-state index is 0.0368. The van der Waals surface area contributed by atoms with Gasteiger partial charge in [0.1, 0.15) is 9.90 Å². The van der Waals surface area contributed by atoms with E-state index >= 15 is 0 Å². The van der Waals surface area contributed by atoms with Gasteiger partial charge in [-0.25, -0.2) is 8.42 Å². The number of benzene rings is 1. The maximum Gasteiger partial charge on any atom is 0.257 e. The van der Waals surface area contributed by atoms with Crippen molar-refractivity contribution in [1.82, 2.24) is 14.5 Å². The van der Waals surface area contributed by atoms with E-state index in [4.69, 9.17) is 11.6 Å². The topological polar surface area (TPSA) is 92.3 Å². The first kappa shape index (κ1) is 20.2. The molecule has 2 heterocycles. The summed E-state index contributed by atoms with van der Waals surface area (Å²) in [6, 6.07) is 4.28. The van der Waals surface area contributed by atoms with E-state index in [1.165, 1.54) is 33.8 Å². The third-order valence-electron chi connectivity index (χ3n) is 4.37. The molecule has 10 heteroatoms. The summed E-state index contributed by atoms with van der Waals surface area (Å²) in [7, 11) is -3.75. The molecule has 1 aliphatic rings. The number of amides is 1. The maximum absolute atomic E-state index is 13.0. The summed E-state index contributed by atoms with van der Waals surface area (Å²) in [4.78, 5) is 12.5. The van der Waals surface area contributed by atoms with Crippen molar-refractivity contribution in [3.63, 3.8) is 0 Å². The molecule has 0 atom stereocenters. The average molecular weight is 429 g/mol. The molecule has 0 unspecified atom stereocenters. The van der Waals surface area contributed by atoms with Crippen molar-refractivity contribution in [2.24, 2.45) is 0 Å². The van der Waals surface area contributed by atoms with Crippen LogP contribution >= 0.6 is 22.9 Å². The number of nitrogens with zero attached hydrogens (tertiary/aromatic N) is 3. The predicted molar refractivity (Wildman–Crippen MR) is 106 cm³/mol. The van der Waals surface area contributed by atoms with Crippen molar-refractivity contribution >= 4 is 44.0 Å². The molecule has 146 valence electrons. The number of anilines is 1. The van der Waals surface area contributed by atoms with E-state index in [0.29, 0.717) is 18.2 Å². The molecule has 1 saturated heterocycles. The van der Waals surface area contributed by atoms with Gasteiger partial charge in [0.15, 0.2) is 0 Å². The number of hydrogen-bond donors (Lipinski definition) is 1. The van der Waals surface area contributed by atoms with Crippen molar-refractivity contribution < 1.29 is 13.2 Å². The Kier molecular flexibility index (Phi) is 6.46. The van der Waals surface area contributed by atoms with Crippen molar-refractivity contribution in [3.05, 3.63) is 33.8 Å². The lowest BCUT2D eigenvalue weighted by Gasteiger charge is -2.21. The highest BCUT2D eigenvalue weighted by molar-refractivity contribution is 7.89. The van der Waals surface area contributed by atoms with Gasteiger partial charge in [0.2, 0.25) is 15.2 Å². The smallest absolute Gasteiger partial charge is 0.257 e. The zero-order valence-corrected chi connectivity index (χ0v) is 17.3. The highest BCUT2D eigenvalue weighted by atomic mass is 35.5. The molecule has 0 aliphatic carbocycles. The molecular weight excluding hydrogens is 408 g/mol. The molecule has 1 aromatic carbocycles. The minimum Gasteiger partial charge on any atom is -0.296 e. The van der Waals surface area contributed by atoms with E-state index in [1.54, 1.807) is 0 Å². The quantitative estimate of drug-likeness (QED) is 0.785. The van der Waals surface area contributed by atoms with Gasteiger partial charge in [-0.05, 0) is 37.5 Å². The van der Waals surface area contributed by atoms with Crippen molar-refractivity contribution in [1.29, 1.82) is 0 Å². The van der Waals surface area contributed by atoms with Gasteiger partial charge in [-0.15, -0.1) is 10.2 Å². The molecule has 1 fully saturated rings. The SMILES string of the molecule is CCc1nnc(NC(=O)c2ccc(Cl)c(S(=O)(=O)N3CCCCCC3)c2)s1. The number of carbonyl (C=O) groups is 1. The second kappa shape index (κ2) is 8.64. The number of carbonyl (C=O) groups excluding carboxylic acids is 1. The zero-order valence-electron chi connectivity index (χ0n) is 14.9. The van der Waals surface area contributed by atoms with Crippen LogP contribution in [0.1, 0.15) is 48.0 Å². The van der Waals surface area contributed by atoms with Crippen molar-refractivity contribution in [3.8, 4) is 0 Å². The highest BCUT2D eigenvalue weighted by Gasteiger charge is 2.28. The highest BCUT2D eigenvalue weighted by Crippen LogP contribution is 2.28. The number of aromatic nitrogens is 2. The van der Waals surface area contributed by atoms with Crippen LogP contribution < -0.4 is 5.32 Å². The van der Waals surface area contributed by atoms with Crippen molar-refractivity contribution in [2.45, 2.75) is 43.9 Å². The number of rotatable bonds is 5. The van der Waals surface area contributed by atoms with Gasteiger partial charge in [0.05, 0.1) is 5.02 Å². The molecule has 0 radical (unpaired) electrons. The van der Waals surface area contributed by atoms with E-state index in [-0.39, 0.29) is 15.5 Å². The summed E-state index contributed by atoms with van der Waals surface area (Å²) >= 11 is 7.46. The van der Waals surface area contributed by atoms with Crippen LogP contribution in [0, 0.1) is 0 Å². The van der Waals surface area contributed by atoms with Crippen LogP contribution in [0.2, 0.25) is 5.02 Å². The molecule has 1 amide bonds. The molecule has 27 heavy (non-hydrogen) atoms. The van der Waals surface area contributed by atoms with Gasteiger partial charge in [0, 0.05) is 18.7 Å². The summed E-state index contributed by atoms with van der Waals surface area (Å²) in [5.74, 6) is -0.446. The first-order valence-electron chi connectivity index (χ1n) is 8.85. The Balaban J connectivity index is 1.85. The van der Waals surface area contributed by atoms with Crippen molar-refractivity contribution in [2.75, 3.05) is 18.4 Å².